The lowest BCUT2D eigenvalue weighted by Gasteiger charge is -2.13. The molecule has 0 radical (unpaired) electrons. The molecule has 0 aliphatic carbocycles. The zero-order valence-electron chi connectivity index (χ0n) is 16.6. The van der Waals surface area contributed by atoms with Crippen LogP contribution >= 0.6 is 23.4 Å². The third kappa shape index (κ3) is 4.19. The predicted molar refractivity (Wildman–Crippen MR) is 119 cm³/mol. The van der Waals surface area contributed by atoms with E-state index < -0.39 is 22.9 Å². The Morgan fingerprint density at radius 3 is 2.72 bits per heavy atom. The minimum Gasteiger partial charge on any atom is -0.478 e. The minimum absolute atomic E-state index is 0.0777. The highest BCUT2D eigenvalue weighted by Crippen LogP contribution is 2.35. The zero-order chi connectivity index (χ0) is 23.0. The van der Waals surface area contributed by atoms with Gasteiger partial charge >= 0.3 is 5.97 Å². The Morgan fingerprint density at radius 2 is 2.00 bits per heavy atom. The average molecular weight is 472 g/mol. The first kappa shape index (κ1) is 21.9. The van der Waals surface area contributed by atoms with Gasteiger partial charge in [0.2, 0.25) is 0 Å². The number of carbonyl (C=O) groups is 3. The molecule has 32 heavy (non-hydrogen) atoms. The molecule has 1 aliphatic heterocycles. The number of furan rings is 1. The maximum Gasteiger partial charge on any atom is 0.335 e. The molecule has 2 heterocycles. The SMILES string of the molecule is Cc1c(C(=O)O)cccc1-c1ccc(/C=C2\SC(=O)N(Cc3ccc(F)cc3Cl)C2=O)o1. The molecule has 1 N–H and O–H groups in total. The molecule has 162 valence electrons. The van der Waals surface area contributed by atoms with Gasteiger partial charge in [-0.25, -0.2) is 9.18 Å². The van der Waals surface area contributed by atoms with Gasteiger partial charge in [-0.3, -0.25) is 14.5 Å². The number of thioether (sulfide) groups is 1. The molecule has 1 saturated heterocycles. The summed E-state index contributed by atoms with van der Waals surface area (Å²) < 4.78 is 19.0. The summed E-state index contributed by atoms with van der Waals surface area (Å²) in [7, 11) is 0. The van der Waals surface area contributed by atoms with E-state index in [1.807, 2.05) is 0 Å². The highest BCUT2D eigenvalue weighted by atomic mass is 35.5. The standard InChI is InChI=1S/C23H15ClFNO5S/c1-12-16(3-2-4-17(12)22(28)29)19-8-7-15(31-19)10-20-21(27)26(23(30)32-20)11-13-5-6-14(25)9-18(13)24/h2-10H,11H2,1H3,(H,28,29)/b20-10-. The maximum absolute atomic E-state index is 13.2. The average Bonchev–Trinajstić information content (AvgIpc) is 3.30. The Kier molecular flexibility index (Phi) is 5.90. The van der Waals surface area contributed by atoms with E-state index in [2.05, 4.69) is 0 Å². The van der Waals surface area contributed by atoms with Crippen LogP contribution in [0, 0.1) is 12.7 Å². The largest absolute Gasteiger partial charge is 0.478 e. The third-order valence-corrected chi connectivity index (χ3v) is 6.21. The summed E-state index contributed by atoms with van der Waals surface area (Å²) in [6.07, 6.45) is 1.46. The molecule has 1 aliphatic rings. The molecule has 0 saturated carbocycles. The van der Waals surface area contributed by atoms with Crippen LogP contribution in [0.3, 0.4) is 0 Å². The topological polar surface area (TPSA) is 87.8 Å². The number of aromatic carboxylic acids is 1. The number of nitrogens with zero attached hydrogens (tertiary/aromatic N) is 1. The Bertz CT molecular complexity index is 1300. The number of amides is 2. The third-order valence-electron chi connectivity index (χ3n) is 4.95. The van der Waals surface area contributed by atoms with Crippen molar-refractivity contribution in [3.63, 3.8) is 0 Å². The van der Waals surface area contributed by atoms with Crippen molar-refractivity contribution in [3.05, 3.63) is 86.7 Å². The minimum atomic E-state index is -1.04. The molecule has 9 heteroatoms. The summed E-state index contributed by atoms with van der Waals surface area (Å²) in [4.78, 5) is 37.7. The Morgan fingerprint density at radius 1 is 1.22 bits per heavy atom. The van der Waals surface area contributed by atoms with E-state index in [0.717, 1.165) is 22.7 Å². The fourth-order valence-electron chi connectivity index (χ4n) is 3.30. The van der Waals surface area contributed by atoms with Gasteiger partial charge in [0.05, 0.1) is 17.0 Å². The van der Waals surface area contributed by atoms with Gasteiger partial charge in [0.1, 0.15) is 17.3 Å². The molecule has 6 nitrogen and oxygen atoms in total. The molecular formula is C23H15ClFNO5S. The number of hydrogen-bond acceptors (Lipinski definition) is 5. The quantitative estimate of drug-likeness (QED) is 0.460. The van der Waals surface area contributed by atoms with Gasteiger partial charge in [-0.1, -0.05) is 29.8 Å². The number of rotatable bonds is 5. The Hall–Kier alpha value is -3.36. The highest BCUT2D eigenvalue weighted by molar-refractivity contribution is 8.18. The zero-order valence-corrected chi connectivity index (χ0v) is 18.2. The van der Waals surface area contributed by atoms with Gasteiger partial charge in [0.25, 0.3) is 11.1 Å². The van der Waals surface area contributed by atoms with Crippen molar-refractivity contribution in [2.45, 2.75) is 13.5 Å². The van der Waals surface area contributed by atoms with E-state index in [9.17, 15) is 23.9 Å². The van der Waals surface area contributed by atoms with Gasteiger partial charge in [0, 0.05) is 16.7 Å². The van der Waals surface area contributed by atoms with Crippen LogP contribution < -0.4 is 0 Å². The summed E-state index contributed by atoms with van der Waals surface area (Å²) in [5.74, 6) is -1.28. The van der Waals surface area contributed by atoms with Crippen molar-refractivity contribution < 1.29 is 28.3 Å². The number of carboxylic acid groups (broad SMARTS) is 1. The fourth-order valence-corrected chi connectivity index (χ4v) is 4.34. The van der Waals surface area contributed by atoms with Crippen LogP contribution in [0.25, 0.3) is 17.4 Å². The second kappa shape index (κ2) is 8.64. The molecule has 0 atom stereocenters. The number of halogens is 2. The fraction of sp³-hybridized carbons (Fsp3) is 0.0870. The number of carboxylic acids is 1. The lowest BCUT2D eigenvalue weighted by molar-refractivity contribution is -0.123. The first-order valence-electron chi connectivity index (χ1n) is 9.37. The predicted octanol–water partition coefficient (Wildman–Crippen LogP) is 5.98. The Balaban J connectivity index is 1.57. The summed E-state index contributed by atoms with van der Waals surface area (Å²) in [5.41, 5.74) is 1.78. The van der Waals surface area contributed by atoms with Crippen LogP contribution in [0.15, 0.2) is 57.9 Å². The maximum atomic E-state index is 13.2. The molecule has 1 fully saturated rings. The van der Waals surface area contributed by atoms with Crippen LogP contribution in [-0.2, 0) is 11.3 Å². The van der Waals surface area contributed by atoms with Crippen LogP contribution in [0.2, 0.25) is 5.02 Å². The van der Waals surface area contributed by atoms with Crippen molar-refractivity contribution in [1.29, 1.82) is 0 Å². The van der Waals surface area contributed by atoms with Crippen LogP contribution in [-0.4, -0.2) is 27.1 Å². The van der Waals surface area contributed by atoms with Crippen molar-refractivity contribution >= 4 is 46.6 Å². The van der Waals surface area contributed by atoms with Crippen LogP contribution in [0.1, 0.15) is 27.2 Å². The number of hydrogen-bond donors (Lipinski definition) is 1. The van der Waals surface area contributed by atoms with Crippen molar-refractivity contribution in [3.8, 4) is 11.3 Å². The van der Waals surface area contributed by atoms with Crippen molar-refractivity contribution in [2.75, 3.05) is 0 Å². The van der Waals surface area contributed by atoms with Crippen molar-refractivity contribution in [2.24, 2.45) is 0 Å². The van der Waals surface area contributed by atoms with Gasteiger partial charge in [-0.05, 0) is 60.1 Å². The first-order valence-corrected chi connectivity index (χ1v) is 10.6. The van der Waals surface area contributed by atoms with Crippen LogP contribution in [0.5, 0.6) is 0 Å². The smallest absolute Gasteiger partial charge is 0.335 e. The van der Waals surface area contributed by atoms with Crippen LogP contribution in [0.4, 0.5) is 9.18 Å². The van der Waals surface area contributed by atoms with Gasteiger partial charge in [-0.15, -0.1) is 0 Å². The highest BCUT2D eigenvalue weighted by Gasteiger charge is 2.35. The molecular weight excluding hydrogens is 457 g/mol. The second-order valence-corrected chi connectivity index (χ2v) is 8.39. The molecule has 2 amide bonds. The molecule has 4 rings (SSSR count). The summed E-state index contributed by atoms with van der Waals surface area (Å²) >= 11 is 6.77. The van der Waals surface area contributed by atoms with Crippen molar-refractivity contribution in [1.82, 2.24) is 4.90 Å². The van der Waals surface area contributed by atoms with Gasteiger partial charge in [0.15, 0.2) is 0 Å². The van der Waals surface area contributed by atoms with E-state index in [0.29, 0.717) is 28.2 Å². The van der Waals surface area contributed by atoms with E-state index in [1.54, 1.807) is 31.2 Å². The van der Waals surface area contributed by atoms with E-state index in [1.165, 1.54) is 24.3 Å². The normalized spacial score (nSPS) is 15.1. The number of carbonyl (C=O) groups excluding carboxylic acids is 2. The molecule has 2 aromatic carbocycles. The lowest BCUT2D eigenvalue weighted by Crippen LogP contribution is -2.27. The molecule has 1 aromatic heterocycles. The molecule has 0 bridgehead atoms. The summed E-state index contributed by atoms with van der Waals surface area (Å²) in [5, 5.41) is 8.96. The van der Waals surface area contributed by atoms with E-state index >= 15 is 0 Å². The monoisotopic (exact) mass is 471 g/mol. The van der Waals surface area contributed by atoms with E-state index in [4.69, 9.17) is 16.0 Å². The second-order valence-electron chi connectivity index (χ2n) is 6.99. The van der Waals surface area contributed by atoms with E-state index in [-0.39, 0.29) is 22.0 Å². The molecule has 3 aromatic rings. The summed E-state index contributed by atoms with van der Waals surface area (Å²) in [6, 6.07) is 11.9. The lowest BCUT2D eigenvalue weighted by atomic mass is 10.0. The first-order chi connectivity index (χ1) is 15.2. The number of benzene rings is 2. The molecule has 0 unspecified atom stereocenters. The van der Waals surface area contributed by atoms with Gasteiger partial charge in [-0.2, -0.15) is 0 Å². The Labute approximate surface area is 191 Å². The summed E-state index contributed by atoms with van der Waals surface area (Å²) in [6.45, 7) is 1.61. The number of imide groups is 1. The van der Waals surface area contributed by atoms with Gasteiger partial charge < -0.3 is 9.52 Å². The molecule has 0 spiro atoms.